The van der Waals surface area contributed by atoms with Gasteiger partial charge in [-0.05, 0) is 60.2 Å². The second-order valence-electron chi connectivity index (χ2n) is 10.4. The Labute approximate surface area is 258 Å². The SMILES string of the molecule is COc1ccc(-n2c(Cc3ccccc3)nnc2SCCCCC(=O)N(CCc2ccccc2)Cc2ccccc2)cc1. The van der Waals surface area contributed by atoms with E-state index in [1.165, 1.54) is 11.1 Å². The summed E-state index contributed by atoms with van der Waals surface area (Å²) in [6.07, 6.45) is 3.82. The summed E-state index contributed by atoms with van der Waals surface area (Å²) >= 11 is 1.69. The number of nitrogens with zero attached hydrogens (tertiary/aromatic N) is 4. The van der Waals surface area contributed by atoms with E-state index in [-0.39, 0.29) is 5.91 Å². The smallest absolute Gasteiger partial charge is 0.222 e. The van der Waals surface area contributed by atoms with Crippen LogP contribution in [0.25, 0.3) is 5.69 Å². The lowest BCUT2D eigenvalue weighted by Gasteiger charge is -2.23. The van der Waals surface area contributed by atoms with E-state index in [2.05, 4.69) is 63.3 Å². The van der Waals surface area contributed by atoms with Crippen LogP contribution in [0.2, 0.25) is 0 Å². The Bertz CT molecular complexity index is 1540. The quantitative estimate of drug-likeness (QED) is 0.0939. The summed E-state index contributed by atoms with van der Waals surface area (Å²) < 4.78 is 7.50. The maximum atomic E-state index is 13.4. The molecule has 0 N–H and O–H groups in total. The molecular formula is C36H38N4O2S. The molecule has 1 amide bonds. The van der Waals surface area contributed by atoms with Crippen molar-refractivity contribution in [3.05, 3.63) is 138 Å². The predicted molar refractivity (Wildman–Crippen MR) is 174 cm³/mol. The molecule has 5 rings (SSSR count). The minimum absolute atomic E-state index is 0.205. The summed E-state index contributed by atoms with van der Waals surface area (Å²) in [6.45, 7) is 1.35. The molecule has 0 unspecified atom stereocenters. The highest BCUT2D eigenvalue weighted by atomic mass is 32.2. The topological polar surface area (TPSA) is 60.2 Å². The van der Waals surface area contributed by atoms with Crippen molar-refractivity contribution in [3.8, 4) is 11.4 Å². The number of ether oxygens (including phenoxy) is 1. The van der Waals surface area contributed by atoms with Crippen LogP contribution in [0.3, 0.4) is 0 Å². The fourth-order valence-electron chi connectivity index (χ4n) is 4.98. The first-order valence-electron chi connectivity index (χ1n) is 14.8. The van der Waals surface area contributed by atoms with Crippen LogP contribution in [0.4, 0.5) is 0 Å². The summed E-state index contributed by atoms with van der Waals surface area (Å²) in [4.78, 5) is 15.4. The van der Waals surface area contributed by atoms with Crippen LogP contribution >= 0.6 is 11.8 Å². The molecular weight excluding hydrogens is 552 g/mol. The van der Waals surface area contributed by atoms with Gasteiger partial charge >= 0.3 is 0 Å². The number of amides is 1. The van der Waals surface area contributed by atoms with Gasteiger partial charge in [-0.25, -0.2) is 0 Å². The number of carbonyl (C=O) groups is 1. The van der Waals surface area contributed by atoms with Gasteiger partial charge in [0.1, 0.15) is 11.6 Å². The predicted octanol–water partition coefficient (Wildman–Crippen LogP) is 7.40. The first kappa shape index (κ1) is 30.1. The number of benzene rings is 4. The highest BCUT2D eigenvalue weighted by Crippen LogP contribution is 2.26. The second-order valence-corrected chi connectivity index (χ2v) is 11.5. The van der Waals surface area contributed by atoms with Crippen molar-refractivity contribution in [2.45, 2.75) is 43.8 Å². The zero-order valence-electron chi connectivity index (χ0n) is 24.6. The van der Waals surface area contributed by atoms with Crippen LogP contribution < -0.4 is 4.74 Å². The molecule has 4 aromatic carbocycles. The molecule has 5 aromatic rings. The van der Waals surface area contributed by atoms with Crippen molar-refractivity contribution < 1.29 is 9.53 Å². The van der Waals surface area contributed by atoms with E-state index in [0.717, 1.165) is 53.0 Å². The molecule has 0 aliphatic heterocycles. The zero-order chi connectivity index (χ0) is 29.7. The molecule has 0 aliphatic rings. The molecule has 1 aromatic heterocycles. The molecule has 0 aliphatic carbocycles. The van der Waals surface area contributed by atoms with E-state index in [4.69, 9.17) is 4.74 Å². The third-order valence-electron chi connectivity index (χ3n) is 7.33. The third kappa shape index (κ3) is 8.82. The van der Waals surface area contributed by atoms with Gasteiger partial charge < -0.3 is 9.64 Å². The van der Waals surface area contributed by atoms with Gasteiger partial charge in [-0.2, -0.15) is 0 Å². The van der Waals surface area contributed by atoms with E-state index < -0.39 is 0 Å². The summed E-state index contributed by atoms with van der Waals surface area (Å²) in [5.41, 5.74) is 4.59. The molecule has 0 radical (unpaired) electrons. The molecule has 0 saturated carbocycles. The number of carbonyl (C=O) groups excluding carboxylic acids is 1. The van der Waals surface area contributed by atoms with Crippen molar-refractivity contribution in [1.82, 2.24) is 19.7 Å². The lowest BCUT2D eigenvalue weighted by Crippen LogP contribution is -2.32. The van der Waals surface area contributed by atoms with Crippen molar-refractivity contribution in [3.63, 3.8) is 0 Å². The first-order valence-corrected chi connectivity index (χ1v) is 15.8. The van der Waals surface area contributed by atoms with Gasteiger partial charge in [-0.1, -0.05) is 103 Å². The highest BCUT2D eigenvalue weighted by Gasteiger charge is 2.17. The Morgan fingerprint density at radius 3 is 2.05 bits per heavy atom. The first-order chi connectivity index (χ1) is 21.2. The van der Waals surface area contributed by atoms with E-state index in [0.29, 0.717) is 25.9 Å². The maximum absolute atomic E-state index is 13.4. The third-order valence-corrected chi connectivity index (χ3v) is 8.35. The van der Waals surface area contributed by atoms with Crippen LogP contribution in [0.1, 0.15) is 41.8 Å². The van der Waals surface area contributed by atoms with Gasteiger partial charge in [0.05, 0.1) is 7.11 Å². The molecule has 220 valence electrons. The van der Waals surface area contributed by atoms with E-state index in [9.17, 15) is 4.79 Å². The van der Waals surface area contributed by atoms with Gasteiger partial charge in [0.15, 0.2) is 5.16 Å². The van der Waals surface area contributed by atoms with Crippen molar-refractivity contribution >= 4 is 17.7 Å². The minimum atomic E-state index is 0.205. The van der Waals surface area contributed by atoms with Crippen LogP contribution in [-0.4, -0.2) is 45.0 Å². The van der Waals surface area contributed by atoms with E-state index in [1.54, 1.807) is 18.9 Å². The minimum Gasteiger partial charge on any atom is -0.497 e. The van der Waals surface area contributed by atoms with Crippen LogP contribution in [0.5, 0.6) is 5.75 Å². The summed E-state index contributed by atoms with van der Waals surface area (Å²) in [7, 11) is 1.67. The zero-order valence-corrected chi connectivity index (χ0v) is 25.5. The summed E-state index contributed by atoms with van der Waals surface area (Å²) in [5.74, 6) is 2.76. The molecule has 7 heteroatoms. The number of methoxy groups -OCH3 is 1. The second kappa shape index (κ2) is 15.8. The average molecular weight is 591 g/mol. The molecule has 0 atom stereocenters. The Balaban J connectivity index is 1.19. The van der Waals surface area contributed by atoms with Crippen LogP contribution in [0.15, 0.2) is 120 Å². The van der Waals surface area contributed by atoms with Gasteiger partial charge in [-0.15, -0.1) is 10.2 Å². The molecule has 1 heterocycles. The lowest BCUT2D eigenvalue weighted by molar-refractivity contribution is -0.131. The summed E-state index contributed by atoms with van der Waals surface area (Å²) in [5, 5.41) is 9.99. The number of hydrogen-bond donors (Lipinski definition) is 0. The van der Waals surface area contributed by atoms with Gasteiger partial charge in [-0.3, -0.25) is 9.36 Å². The van der Waals surface area contributed by atoms with Crippen molar-refractivity contribution in [2.24, 2.45) is 0 Å². The molecule has 0 fully saturated rings. The van der Waals surface area contributed by atoms with Crippen LogP contribution in [-0.2, 0) is 24.2 Å². The standard InChI is InChI=1S/C36H38N4O2S/c1-42-33-22-20-32(21-23-33)40-34(27-30-15-7-3-8-16-30)37-38-36(40)43-26-12-11-19-35(41)39(28-31-17-9-4-10-18-31)25-24-29-13-5-2-6-14-29/h2-10,13-18,20-23H,11-12,19,24-28H2,1H3. The highest BCUT2D eigenvalue weighted by molar-refractivity contribution is 7.99. The van der Waals surface area contributed by atoms with Crippen molar-refractivity contribution in [1.29, 1.82) is 0 Å². The Hall–Kier alpha value is -4.36. The fourth-order valence-corrected chi connectivity index (χ4v) is 5.95. The number of unbranched alkanes of at least 4 members (excludes halogenated alkanes) is 1. The molecule has 43 heavy (non-hydrogen) atoms. The molecule has 0 bridgehead atoms. The molecule has 6 nitrogen and oxygen atoms in total. The number of aromatic nitrogens is 3. The van der Waals surface area contributed by atoms with Gasteiger partial charge in [0.25, 0.3) is 0 Å². The Morgan fingerprint density at radius 2 is 1.40 bits per heavy atom. The lowest BCUT2D eigenvalue weighted by atomic mass is 10.1. The van der Waals surface area contributed by atoms with Crippen LogP contribution in [0, 0.1) is 0 Å². The molecule has 0 saturated heterocycles. The number of rotatable bonds is 15. The Kier molecular flexibility index (Phi) is 11.0. The summed E-state index contributed by atoms with van der Waals surface area (Å²) in [6, 6.07) is 38.9. The normalized spacial score (nSPS) is 10.9. The average Bonchev–Trinajstić information content (AvgIpc) is 3.46. The van der Waals surface area contributed by atoms with Gasteiger partial charge in [0.2, 0.25) is 5.91 Å². The maximum Gasteiger partial charge on any atom is 0.222 e. The largest absolute Gasteiger partial charge is 0.497 e. The molecule has 0 spiro atoms. The monoisotopic (exact) mass is 590 g/mol. The van der Waals surface area contributed by atoms with Crippen molar-refractivity contribution in [2.75, 3.05) is 19.4 Å². The fraction of sp³-hybridized carbons (Fsp3) is 0.250. The van der Waals surface area contributed by atoms with E-state index >= 15 is 0 Å². The Morgan fingerprint density at radius 1 is 0.767 bits per heavy atom. The number of hydrogen-bond acceptors (Lipinski definition) is 5. The van der Waals surface area contributed by atoms with Gasteiger partial charge in [0, 0.05) is 37.4 Å². The van der Waals surface area contributed by atoms with E-state index in [1.807, 2.05) is 71.6 Å². The number of thioether (sulfide) groups is 1.